The van der Waals surface area contributed by atoms with Gasteiger partial charge >= 0.3 is 0 Å². The Bertz CT molecular complexity index is 911. The predicted octanol–water partition coefficient (Wildman–Crippen LogP) is 4.08. The largest absolute Gasteiger partial charge is 0.467 e. The molecule has 3 rings (SSSR count). The fourth-order valence-corrected chi connectivity index (χ4v) is 3.18. The van der Waals surface area contributed by atoms with Crippen molar-refractivity contribution in [1.82, 2.24) is 5.32 Å². The van der Waals surface area contributed by atoms with Gasteiger partial charge in [-0.25, -0.2) is 4.39 Å². The van der Waals surface area contributed by atoms with Crippen LogP contribution in [0.1, 0.15) is 16.1 Å². The summed E-state index contributed by atoms with van der Waals surface area (Å²) in [5.74, 6) is -0.00977. The number of nitrogens with one attached hydrogen (secondary N) is 2. The minimum absolute atomic E-state index is 0.162. The van der Waals surface area contributed by atoms with Crippen molar-refractivity contribution in [2.75, 3.05) is 11.1 Å². The number of anilines is 1. The third-order valence-electron chi connectivity index (χ3n) is 3.63. The second-order valence-corrected chi connectivity index (χ2v) is 6.62. The number of rotatable bonds is 7. The molecule has 1 aromatic heterocycles. The molecule has 138 valence electrons. The van der Waals surface area contributed by atoms with E-state index in [0.717, 1.165) is 0 Å². The van der Waals surface area contributed by atoms with Gasteiger partial charge in [0.15, 0.2) is 0 Å². The zero-order valence-corrected chi connectivity index (χ0v) is 15.1. The molecule has 0 bridgehead atoms. The number of halogens is 1. The Morgan fingerprint density at radius 3 is 2.52 bits per heavy atom. The van der Waals surface area contributed by atoms with Crippen molar-refractivity contribution >= 4 is 29.3 Å². The summed E-state index contributed by atoms with van der Waals surface area (Å²) in [6.07, 6.45) is 1.55. The third kappa shape index (κ3) is 5.46. The molecular weight excluding hydrogens is 367 g/mol. The van der Waals surface area contributed by atoms with Crippen LogP contribution in [-0.4, -0.2) is 17.6 Å². The van der Waals surface area contributed by atoms with Gasteiger partial charge in [0.25, 0.3) is 5.91 Å². The lowest BCUT2D eigenvalue weighted by molar-refractivity contribution is -0.118. The Kier molecular flexibility index (Phi) is 6.27. The normalized spacial score (nSPS) is 10.4. The van der Waals surface area contributed by atoms with E-state index in [1.54, 1.807) is 42.7 Å². The molecule has 5 nitrogen and oxygen atoms in total. The summed E-state index contributed by atoms with van der Waals surface area (Å²) in [4.78, 5) is 25.2. The molecule has 0 aliphatic heterocycles. The average Bonchev–Trinajstić information content (AvgIpc) is 3.20. The molecule has 0 aliphatic carbocycles. The second kappa shape index (κ2) is 9.05. The molecule has 7 heteroatoms. The summed E-state index contributed by atoms with van der Waals surface area (Å²) in [5.41, 5.74) is 0.947. The van der Waals surface area contributed by atoms with Gasteiger partial charge in [-0.15, -0.1) is 11.8 Å². The highest BCUT2D eigenvalue weighted by atomic mass is 32.2. The lowest BCUT2D eigenvalue weighted by atomic mass is 10.2. The summed E-state index contributed by atoms with van der Waals surface area (Å²) in [5, 5.41) is 5.48. The summed E-state index contributed by atoms with van der Waals surface area (Å²) in [6, 6.07) is 16.1. The quantitative estimate of drug-likeness (QED) is 0.602. The second-order valence-electron chi connectivity index (χ2n) is 5.60. The molecule has 0 unspecified atom stereocenters. The molecule has 2 amide bonds. The van der Waals surface area contributed by atoms with Crippen molar-refractivity contribution in [2.24, 2.45) is 0 Å². The minimum Gasteiger partial charge on any atom is -0.467 e. The summed E-state index contributed by atoms with van der Waals surface area (Å²) in [6.45, 7) is 0.319. The van der Waals surface area contributed by atoms with Gasteiger partial charge in [-0.2, -0.15) is 0 Å². The first-order chi connectivity index (χ1) is 13.1. The average molecular weight is 384 g/mol. The summed E-state index contributed by atoms with van der Waals surface area (Å²) in [7, 11) is 0. The Morgan fingerprint density at radius 1 is 1.00 bits per heavy atom. The smallest absolute Gasteiger partial charge is 0.256 e. The first-order valence-corrected chi connectivity index (χ1v) is 9.18. The topological polar surface area (TPSA) is 71.3 Å². The van der Waals surface area contributed by atoms with Crippen LogP contribution in [0.15, 0.2) is 76.2 Å². The lowest BCUT2D eigenvalue weighted by Crippen LogP contribution is -2.24. The van der Waals surface area contributed by atoms with Crippen molar-refractivity contribution in [3.05, 3.63) is 84.1 Å². The van der Waals surface area contributed by atoms with Crippen LogP contribution in [0.5, 0.6) is 0 Å². The van der Waals surface area contributed by atoms with Crippen LogP contribution < -0.4 is 10.6 Å². The highest BCUT2D eigenvalue weighted by Gasteiger charge is 2.13. The van der Waals surface area contributed by atoms with E-state index >= 15 is 0 Å². The van der Waals surface area contributed by atoms with Crippen molar-refractivity contribution in [2.45, 2.75) is 11.4 Å². The van der Waals surface area contributed by atoms with Crippen molar-refractivity contribution in [3.63, 3.8) is 0 Å². The molecule has 0 saturated heterocycles. The number of amides is 2. The lowest BCUT2D eigenvalue weighted by Gasteiger charge is -2.10. The molecule has 1 heterocycles. The monoisotopic (exact) mass is 384 g/mol. The predicted molar refractivity (Wildman–Crippen MR) is 102 cm³/mol. The maximum Gasteiger partial charge on any atom is 0.256 e. The standard InChI is InChI=1S/C20H17FN2O3S/c21-14-7-9-15(10-8-14)23-20(25)17-5-1-2-6-18(17)27-13-19(24)22-12-16-4-3-11-26-16/h1-11H,12-13H2,(H,22,24)(H,23,25). The van der Waals surface area contributed by atoms with Gasteiger partial charge in [0, 0.05) is 10.6 Å². The van der Waals surface area contributed by atoms with E-state index in [9.17, 15) is 14.0 Å². The van der Waals surface area contributed by atoms with Crippen LogP contribution in [0.3, 0.4) is 0 Å². The fraction of sp³-hybridized carbons (Fsp3) is 0.100. The van der Waals surface area contributed by atoms with Crippen LogP contribution in [0.25, 0.3) is 0 Å². The molecule has 0 radical (unpaired) electrons. The Labute approximate surface area is 160 Å². The van der Waals surface area contributed by atoms with E-state index in [-0.39, 0.29) is 23.4 Å². The number of hydrogen-bond acceptors (Lipinski definition) is 4. The first-order valence-electron chi connectivity index (χ1n) is 8.19. The molecule has 3 aromatic rings. The zero-order chi connectivity index (χ0) is 19.1. The Balaban J connectivity index is 1.58. The van der Waals surface area contributed by atoms with Gasteiger partial charge in [-0.3, -0.25) is 9.59 Å². The van der Waals surface area contributed by atoms with E-state index < -0.39 is 0 Å². The van der Waals surface area contributed by atoms with E-state index in [0.29, 0.717) is 28.5 Å². The van der Waals surface area contributed by atoms with Crippen molar-refractivity contribution < 1.29 is 18.4 Å². The number of thioether (sulfide) groups is 1. The molecule has 0 atom stereocenters. The molecule has 0 aliphatic rings. The van der Waals surface area contributed by atoms with Crippen LogP contribution in [0.4, 0.5) is 10.1 Å². The number of carbonyl (C=O) groups excluding carboxylic acids is 2. The molecule has 0 saturated carbocycles. The molecule has 2 aromatic carbocycles. The Hall–Kier alpha value is -3.06. The molecular formula is C20H17FN2O3S. The minimum atomic E-state index is -0.371. The van der Waals surface area contributed by atoms with Gasteiger partial charge < -0.3 is 15.1 Å². The van der Waals surface area contributed by atoms with Gasteiger partial charge in [0.1, 0.15) is 11.6 Å². The molecule has 0 spiro atoms. The van der Waals surface area contributed by atoms with Crippen LogP contribution in [0.2, 0.25) is 0 Å². The highest BCUT2D eigenvalue weighted by molar-refractivity contribution is 8.00. The molecule has 0 fully saturated rings. The summed E-state index contributed by atoms with van der Waals surface area (Å²) >= 11 is 1.27. The van der Waals surface area contributed by atoms with Crippen molar-refractivity contribution in [1.29, 1.82) is 0 Å². The van der Waals surface area contributed by atoms with Gasteiger partial charge in [-0.1, -0.05) is 12.1 Å². The summed E-state index contributed by atoms with van der Waals surface area (Å²) < 4.78 is 18.1. The maximum absolute atomic E-state index is 13.0. The van der Waals surface area contributed by atoms with Crippen LogP contribution in [-0.2, 0) is 11.3 Å². The van der Waals surface area contributed by atoms with E-state index in [4.69, 9.17) is 4.42 Å². The van der Waals surface area contributed by atoms with Crippen LogP contribution >= 0.6 is 11.8 Å². The number of carbonyl (C=O) groups is 2. The number of benzene rings is 2. The first kappa shape index (κ1) is 18.7. The number of furan rings is 1. The Morgan fingerprint density at radius 2 is 1.78 bits per heavy atom. The fourth-order valence-electron chi connectivity index (χ4n) is 2.30. The van der Waals surface area contributed by atoms with Crippen LogP contribution in [0, 0.1) is 5.82 Å². The highest BCUT2D eigenvalue weighted by Crippen LogP contribution is 2.23. The van der Waals surface area contributed by atoms with Gasteiger partial charge in [-0.05, 0) is 48.5 Å². The third-order valence-corrected chi connectivity index (χ3v) is 4.71. The van der Waals surface area contributed by atoms with E-state index in [2.05, 4.69) is 10.6 Å². The molecule has 2 N–H and O–H groups in total. The molecule has 27 heavy (non-hydrogen) atoms. The maximum atomic E-state index is 13.0. The van der Waals surface area contributed by atoms with Gasteiger partial charge in [0.2, 0.25) is 5.91 Å². The van der Waals surface area contributed by atoms with Gasteiger partial charge in [0.05, 0.1) is 24.1 Å². The zero-order valence-electron chi connectivity index (χ0n) is 14.3. The van der Waals surface area contributed by atoms with E-state index in [1.165, 1.54) is 36.0 Å². The SMILES string of the molecule is O=C(CSc1ccccc1C(=O)Nc1ccc(F)cc1)NCc1ccco1. The van der Waals surface area contributed by atoms with E-state index in [1.807, 2.05) is 0 Å². The number of hydrogen-bond donors (Lipinski definition) is 2. The van der Waals surface area contributed by atoms with Crippen molar-refractivity contribution in [3.8, 4) is 0 Å².